The largest absolute Gasteiger partial charge is 0.313 e. The fourth-order valence-corrected chi connectivity index (χ4v) is 2.69. The number of benzene rings is 1. The molecule has 0 saturated carbocycles. The van der Waals surface area contributed by atoms with E-state index in [1.165, 1.54) is 16.7 Å². The van der Waals surface area contributed by atoms with Crippen molar-refractivity contribution in [2.24, 2.45) is 0 Å². The lowest BCUT2D eigenvalue weighted by atomic mass is 9.87. The molecule has 0 amide bonds. The highest BCUT2D eigenvalue weighted by molar-refractivity contribution is 5.44. The molecule has 0 aromatic heterocycles. The summed E-state index contributed by atoms with van der Waals surface area (Å²) in [5.74, 6) is 0.553. The molecule has 1 atom stereocenters. The van der Waals surface area contributed by atoms with Gasteiger partial charge in [-0.1, -0.05) is 54.6 Å². The lowest BCUT2D eigenvalue weighted by Gasteiger charge is -2.20. The molecule has 18 heavy (non-hydrogen) atoms. The summed E-state index contributed by atoms with van der Waals surface area (Å²) in [7, 11) is 0. The molecule has 1 aromatic carbocycles. The first-order valence-corrected chi connectivity index (χ1v) is 6.77. The Morgan fingerprint density at radius 2 is 1.94 bits per heavy atom. The summed E-state index contributed by atoms with van der Waals surface area (Å²) in [4.78, 5) is 0. The molecule has 1 unspecified atom stereocenters. The number of nitrogens with one attached hydrogen (secondary N) is 1. The van der Waals surface area contributed by atoms with Crippen LogP contribution in [0.1, 0.15) is 24.3 Å². The fourth-order valence-electron chi connectivity index (χ4n) is 2.69. The molecule has 1 aliphatic carbocycles. The van der Waals surface area contributed by atoms with Crippen molar-refractivity contribution in [3.05, 3.63) is 71.3 Å². The van der Waals surface area contributed by atoms with Gasteiger partial charge in [-0.3, -0.25) is 0 Å². The summed E-state index contributed by atoms with van der Waals surface area (Å²) in [6.07, 6.45) is 11.7. The maximum Gasteiger partial charge on any atom is 0.0140 e. The Morgan fingerprint density at radius 3 is 2.61 bits per heavy atom. The Morgan fingerprint density at radius 1 is 1.06 bits per heavy atom. The highest BCUT2D eigenvalue weighted by Crippen LogP contribution is 2.30. The van der Waals surface area contributed by atoms with Crippen LogP contribution in [0.25, 0.3) is 0 Å². The summed E-state index contributed by atoms with van der Waals surface area (Å²) < 4.78 is 0. The quantitative estimate of drug-likeness (QED) is 0.829. The Kier molecular flexibility index (Phi) is 3.42. The van der Waals surface area contributed by atoms with Crippen molar-refractivity contribution in [3.8, 4) is 0 Å². The van der Waals surface area contributed by atoms with Crippen LogP contribution >= 0.6 is 0 Å². The van der Waals surface area contributed by atoms with E-state index in [9.17, 15) is 0 Å². The van der Waals surface area contributed by atoms with Gasteiger partial charge in [-0.15, -0.1) is 0 Å². The third-order valence-corrected chi connectivity index (χ3v) is 3.76. The summed E-state index contributed by atoms with van der Waals surface area (Å²) in [6, 6.07) is 10.8. The van der Waals surface area contributed by atoms with Crippen LogP contribution in [0.15, 0.2) is 65.8 Å². The average molecular weight is 237 g/mol. The molecule has 0 spiro atoms. The van der Waals surface area contributed by atoms with Crippen LogP contribution in [0.5, 0.6) is 0 Å². The standard InChI is InChI=1S/C17H19N/c1-2-4-14(5-3-1)15-6-8-16(9-7-15)17-10-12-18-13-11-17/h1-6,8-10,15,18H,7,11-13H2. The monoisotopic (exact) mass is 237 g/mol. The maximum absolute atomic E-state index is 3.36. The Balaban J connectivity index is 1.72. The molecule has 0 saturated heterocycles. The summed E-state index contributed by atoms with van der Waals surface area (Å²) in [6.45, 7) is 2.13. The predicted octanol–water partition coefficient (Wildman–Crippen LogP) is 3.58. The van der Waals surface area contributed by atoms with Crippen molar-refractivity contribution >= 4 is 0 Å². The Labute approximate surface area is 109 Å². The Bertz CT molecular complexity index is 494. The van der Waals surface area contributed by atoms with Gasteiger partial charge in [0, 0.05) is 12.5 Å². The van der Waals surface area contributed by atoms with E-state index in [1.807, 2.05) is 0 Å². The van der Waals surface area contributed by atoms with E-state index < -0.39 is 0 Å². The van der Waals surface area contributed by atoms with Crippen molar-refractivity contribution in [3.63, 3.8) is 0 Å². The number of hydrogen-bond donors (Lipinski definition) is 1. The number of allylic oxidation sites excluding steroid dienone is 4. The van der Waals surface area contributed by atoms with Gasteiger partial charge in [0.25, 0.3) is 0 Å². The van der Waals surface area contributed by atoms with Crippen LogP contribution in [-0.4, -0.2) is 13.1 Å². The van der Waals surface area contributed by atoms with Gasteiger partial charge in [0.1, 0.15) is 0 Å². The van der Waals surface area contributed by atoms with Crippen LogP contribution in [0.3, 0.4) is 0 Å². The molecule has 1 N–H and O–H groups in total. The van der Waals surface area contributed by atoms with Gasteiger partial charge in [-0.05, 0) is 36.1 Å². The molecule has 92 valence electrons. The molecule has 1 heteroatoms. The molecule has 0 bridgehead atoms. The molecular weight excluding hydrogens is 218 g/mol. The van der Waals surface area contributed by atoms with Crippen LogP contribution in [0.4, 0.5) is 0 Å². The maximum atomic E-state index is 3.36. The smallest absolute Gasteiger partial charge is 0.0140 e. The van der Waals surface area contributed by atoms with Gasteiger partial charge < -0.3 is 5.32 Å². The van der Waals surface area contributed by atoms with Crippen molar-refractivity contribution in [1.29, 1.82) is 0 Å². The van der Waals surface area contributed by atoms with E-state index in [1.54, 1.807) is 0 Å². The van der Waals surface area contributed by atoms with Gasteiger partial charge in [0.15, 0.2) is 0 Å². The van der Waals surface area contributed by atoms with Crippen molar-refractivity contribution in [2.45, 2.75) is 18.8 Å². The number of hydrogen-bond acceptors (Lipinski definition) is 1. The van der Waals surface area contributed by atoms with E-state index in [-0.39, 0.29) is 0 Å². The average Bonchev–Trinajstić information content (AvgIpc) is 2.49. The second-order valence-electron chi connectivity index (χ2n) is 4.95. The first kappa shape index (κ1) is 11.5. The van der Waals surface area contributed by atoms with Gasteiger partial charge in [-0.2, -0.15) is 0 Å². The lowest BCUT2D eigenvalue weighted by Crippen LogP contribution is -2.21. The second-order valence-corrected chi connectivity index (χ2v) is 4.95. The van der Waals surface area contributed by atoms with E-state index in [2.05, 4.69) is 60.0 Å². The van der Waals surface area contributed by atoms with Crippen LogP contribution < -0.4 is 5.32 Å². The van der Waals surface area contributed by atoms with Crippen LogP contribution in [-0.2, 0) is 0 Å². The third-order valence-electron chi connectivity index (χ3n) is 3.76. The minimum Gasteiger partial charge on any atom is -0.313 e. The zero-order valence-electron chi connectivity index (χ0n) is 10.6. The minimum atomic E-state index is 0.553. The predicted molar refractivity (Wildman–Crippen MR) is 76.6 cm³/mol. The number of rotatable bonds is 2. The summed E-state index contributed by atoms with van der Waals surface area (Å²) >= 11 is 0. The molecule has 0 fully saturated rings. The van der Waals surface area contributed by atoms with Crippen molar-refractivity contribution < 1.29 is 0 Å². The van der Waals surface area contributed by atoms with E-state index >= 15 is 0 Å². The molecule has 2 aliphatic rings. The molecule has 1 aromatic rings. The van der Waals surface area contributed by atoms with Gasteiger partial charge in [0.05, 0.1) is 0 Å². The van der Waals surface area contributed by atoms with E-state index in [0.29, 0.717) is 5.92 Å². The highest BCUT2D eigenvalue weighted by Gasteiger charge is 2.13. The SMILES string of the molecule is C1=CC(c2ccccc2)CC=C1C1=CCNCC1. The van der Waals surface area contributed by atoms with E-state index in [0.717, 1.165) is 25.9 Å². The second kappa shape index (κ2) is 5.36. The van der Waals surface area contributed by atoms with Gasteiger partial charge >= 0.3 is 0 Å². The first-order valence-electron chi connectivity index (χ1n) is 6.77. The lowest BCUT2D eigenvalue weighted by molar-refractivity contribution is 0.707. The summed E-state index contributed by atoms with van der Waals surface area (Å²) in [5.41, 5.74) is 4.36. The zero-order valence-corrected chi connectivity index (χ0v) is 10.6. The van der Waals surface area contributed by atoms with Gasteiger partial charge in [0.2, 0.25) is 0 Å². The molecule has 3 rings (SSSR count). The van der Waals surface area contributed by atoms with Crippen LogP contribution in [0, 0.1) is 0 Å². The zero-order chi connectivity index (χ0) is 12.2. The van der Waals surface area contributed by atoms with Crippen molar-refractivity contribution in [2.75, 3.05) is 13.1 Å². The Hall–Kier alpha value is -1.60. The van der Waals surface area contributed by atoms with Crippen molar-refractivity contribution in [1.82, 2.24) is 5.32 Å². The molecule has 1 aliphatic heterocycles. The normalized spacial score (nSPS) is 23.4. The fraction of sp³-hybridized carbons (Fsp3) is 0.294. The van der Waals surface area contributed by atoms with Crippen LogP contribution in [0.2, 0.25) is 0 Å². The topological polar surface area (TPSA) is 12.0 Å². The molecule has 0 radical (unpaired) electrons. The molecule has 1 heterocycles. The van der Waals surface area contributed by atoms with E-state index in [4.69, 9.17) is 0 Å². The minimum absolute atomic E-state index is 0.553. The molecular formula is C17H19N. The third kappa shape index (κ3) is 2.46. The van der Waals surface area contributed by atoms with Gasteiger partial charge in [-0.25, -0.2) is 0 Å². The molecule has 1 nitrogen and oxygen atoms in total. The summed E-state index contributed by atoms with van der Waals surface area (Å²) in [5, 5.41) is 3.36. The highest BCUT2D eigenvalue weighted by atomic mass is 14.8. The first-order chi connectivity index (χ1) is 8.93.